The summed E-state index contributed by atoms with van der Waals surface area (Å²) in [6.45, 7) is 5.04. The van der Waals surface area contributed by atoms with Crippen LogP contribution in [0.15, 0.2) is 97.1 Å². The minimum absolute atomic E-state index is 0.0999. The van der Waals surface area contributed by atoms with Crippen LogP contribution in [-0.4, -0.2) is 49.1 Å². The summed E-state index contributed by atoms with van der Waals surface area (Å²) in [7, 11) is 3.28. The van der Waals surface area contributed by atoms with Gasteiger partial charge in [0.2, 0.25) is 0 Å². The van der Waals surface area contributed by atoms with Crippen LogP contribution in [-0.2, 0) is 0 Å². The van der Waals surface area contributed by atoms with Crippen LogP contribution < -0.4 is 20.1 Å². The quantitative estimate of drug-likeness (QED) is 0.120. The zero-order valence-corrected chi connectivity index (χ0v) is 29.0. The molecule has 6 aromatic rings. The molecule has 8 nitrogen and oxygen atoms in total. The zero-order chi connectivity index (χ0) is 35.0. The Morgan fingerprint density at radius 2 is 0.920 bits per heavy atom. The second-order valence-electron chi connectivity index (χ2n) is 12.3. The number of hydrogen-bond donors (Lipinski definition) is 2. The van der Waals surface area contributed by atoms with E-state index < -0.39 is 0 Å². The van der Waals surface area contributed by atoms with Crippen molar-refractivity contribution in [2.75, 3.05) is 27.3 Å². The van der Waals surface area contributed by atoms with Gasteiger partial charge < -0.3 is 20.1 Å². The van der Waals surface area contributed by atoms with E-state index in [1.807, 2.05) is 111 Å². The highest BCUT2D eigenvalue weighted by atomic mass is 16.5. The van der Waals surface area contributed by atoms with Gasteiger partial charge in [-0.15, -0.1) is 0 Å². The molecule has 0 aliphatic carbocycles. The van der Waals surface area contributed by atoms with E-state index in [1.165, 1.54) is 0 Å². The van der Waals surface area contributed by atoms with Gasteiger partial charge in [0.15, 0.2) is 0 Å². The van der Waals surface area contributed by atoms with Crippen molar-refractivity contribution >= 4 is 33.6 Å². The number of unbranched alkanes of at least 4 members (excludes halogenated alkanes) is 3. The summed E-state index contributed by atoms with van der Waals surface area (Å²) < 4.78 is 10.6. The van der Waals surface area contributed by atoms with Crippen LogP contribution in [0.2, 0.25) is 0 Å². The fourth-order valence-corrected chi connectivity index (χ4v) is 6.44. The molecule has 4 aromatic carbocycles. The number of ether oxygens (including phenoxy) is 2. The Hall–Kier alpha value is -5.76. The van der Waals surface area contributed by atoms with Crippen molar-refractivity contribution in [1.29, 1.82) is 0 Å². The van der Waals surface area contributed by atoms with Crippen molar-refractivity contribution < 1.29 is 19.1 Å². The lowest BCUT2D eigenvalue weighted by Crippen LogP contribution is -2.26. The van der Waals surface area contributed by atoms with Crippen LogP contribution >= 0.6 is 0 Å². The number of aromatic nitrogens is 2. The Labute approximate surface area is 292 Å². The van der Waals surface area contributed by atoms with E-state index in [1.54, 1.807) is 14.2 Å². The number of para-hydroxylation sites is 2. The molecule has 0 atom stereocenters. The minimum atomic E-state index is -0.0999. The molecule has 2 heterocycles. The highest BCUT2D eigenvalue weighted by molar-refractivity contribution is 6.09. The summed E-state index contributed by atoms with van der Waals surface area (Å²) >= 11 is 0. The molecule has 50 heavy (non-hydrogen) atoms. The molecule has 0 bridgehead atoms. The van der Waals surface area contributed by atoms with E-state index in [9.17, 15) is 9.59 Å². The third kappa shape index (κ3) is 7.29. The summed E-state index contributed by atoms with van der Waals surface area (Å²) in [6.07, 6.45) is 3.54. The Bertz CT molecular complexity index is 1990. The van der Waals surface area contributed by atoms with Crippen molar-refractivity contribution in [2.45, 2.75) is 39.5 Å². The Balaban J connectivity index is 1.04. The van der Waals surface area contributed by atoms with Crippen molar-refractivity contribution in [3.05, 3.63) is 119 Å². The summed E-state index contributed by atoms with van der Waals surface area (Å²) in [6, 6.07) is 31.0. The van der Waals surface area contributed by atoms with E-state index in [0.29, 0.717) is 24.2 Å². The normalized spacial score (nSPS) is 11.0. The molecule has 8 heteroatoms. The van der Waals surface area contributed by atoms with Crippen molar-refractivity contribution in [3.8, 4) is 34.0 Å². The maximum absolute atomic E-state index is 13.6. The van der Waals surface area contributed by atoms with E-state index in [4.69, 9.17) is 19.4 Å². The number of carbonyl (C=O) groups excluding carboxylic acids is 2. The van der Waals surface area contributed by atoms with Crippen LogP contribution in [0.3, 0.4) is 0 Å². The number of nitrogens with zero attached hydrogens (tertiary/aromatic N) is 2. The largest absolute Gasteiger partial charge is 0.497 e. The molecule has 2 N–H and O–H groups in total. The number of amides is 2. The van der Waals surface area contributed by atoms with Gasteiger partial charge in [-0.05, 0) is 98.5 Å². The molecule has 6 rings (SSSR count). The molecule has 0 aliphatic rings. The number of rotatable bonds is 13. The van der Waals surface area contributed by atoms with Gasteiger partial charge in [-0.2, -0.15) is 0 Å². The third-order valence-corrected chi connectivity index (χ3v) is 9.13. The van der Waals surface area contributed by atoms with Gasteiger partial charge in [-0.3, -0.25) is 9.59 Å². The molecule has 0 saturated heterocycles. The lowest BCUT2D eigenvalue weighted by Gasteiger charge is -2.15. The van der Waals surface area contributed by atoms with Gasteiger partial charge in [0.1, 0.15) is 11.5 Å². The molecule has 254 valence electrons. The maximum Gasteiger partial charge on any atom is 0.252 e. The second-order valence-corrected chi connectivity index (χ2v) is 12.3. The van der Waals surface area contributed by atoms with Gasteiger partial charge in [-0.25, -0.2) is 9.97 Å². The first-order valence-corrected chi connectivity index (χ1v) is 17.0. The highest BCUT2D eigenvalue weighted by Crippen LogP contribution is 2.32. The number of nitrogens with one attached hydrogen (secondary N) is 2. The Kier molecular flexibility index (Phi) is 10.7. The molecule has 2 aromatic heterocycles. The second kappa shape index (κ2) is 15.6. The number of fused-ring (bicyclic) bond motifs is 2. The fourth-order valence-electron chi connectivity index (χ4n) is 6.44. The molecule has 0 spiro atoms. The van der Waals surface area contributed by atoms with Gasteiger partial charge in [0.05, 0.1) is 47.8 Å². The minimum Gasteiger partial charge on any atom is -0.497 e. The number of carbonyl (C=O) groups is 2. The molecule has 0 unspecified atom stereocenters. The lowest BCUT2D eigenvalue weighted by molar-refractivity contribution is 0.0944. The molecular weight excluding hydrogens is 624 g/mol. The zero-order valence-electron chi connectivity index (χ0n) is 29.0. The van der Waals surface area contributed by atoms with E-state index in [2.05, 4.69) is 10.6 Å². The van der Waals surface area contributed by atoms with E-state index in [0.717, 1.165) is 92.6 Å². The molecule has 0 saturated carbocycles. The smallest absolute Gasteiger partial charge is 0.252 e. The number of methoxy groups -OCH3 is 2. The van der Waals surface area contributed by atoms with Crippen LogP contribution in [0, 0.1) is 13.8 Å². The summed E-state index contributed by atoms with van der Waals surface area (Å²) in [5, 5.41) is 7.95. The van der Waals surface area contributed by atoms with E-state index in [-0.39, 0.29) is 11.8 Å². The Morgan fingerprint density at radius 3 is 1.30 bits per heavy atom. The fraction of sp³-hybridized carbons (Fsp3) is 0.238. The standard InChI is InChI=1S/C42H42N4O4/c1-27-37(33-13-7-9-15-35(33)45-39(27)29-17-21-31(49-3)22-18-29)41(47)43-25-11-5-6-12-26-44-42(48)38-28(2)40(30-19-23-32(50-4)24-20-30)46-36-16-10-8-14-34(36)38/h7-10,13-24H,5-6,11-12,25-26H2,1-4H3,(H,43,47)(H,44,48). The maximum atomic E-state index is 13.6. The average molecular weight is 667 g/mol. The van der Waals surface area contributed by atoms with Gasteiger partial charge in [-0.1, -0.05) is 49.2 Å². The van der Waals surface area contributed by atoms with Crippen LogP contribution in [0.25, 0.3) is 44.3 Å². The Morgan fingerprint density at radius 1 is 0.540 bits per heavy atom. The molecular formula is C42H42N4O4. The van der Waals surface area contributed by atoms with Crippen LogP contribution in [0.1, 0.15) is 57.5 Å². The molecule has 2 amide bonds. The van der Waals surface area contributed by atoms with Gasteiger partial charge in [0.25, 0.3) is 11.8 Å². The highest BCUT2D eigenvalue weighted by Gasteiger charge is 2.20. The average Bonchev–Trinajstić information content (AvgIpc) is 3.15. The number of pyridine rings is 2. The third-order valence-electron chi connectivity index (χ3n) is 9.13. The van der Waals surface area contributed by atoms with Crippen molar-refractivity contribution in [2.24, 2.45) is 0 Å². The van der Waals surface area contributed by atoms with E-state index >= 15 is 0 Å². The van der Waals surface area contributed by atoms with Gasteiger partial charge in [0, 0.05) is 35.0 Å². The molecule has 0 fully saturated rings. The first kappa shape index (κ1) is 34.1. The monoisotopic (exact) mass is 666 g/mol. The SMILES string of the molecule is COc1ccc(-c2nc3ccccc3c(C(=O)NCCCCCCNC(=O)c3c(C)c(-c4ccc(OC)cc4)nc4ccccc34)c2C)cc1. The van der Waals surface area contributed by atoms with Crippen molar-refractivity contribution in [1.82, 2.24) is 20.6 Å². The summed E-state index contributed by atoms with van der Waals surface area (Å²) in [5.74, 6) is 1.34. The predicted octanol–water partition coefficient (Wildman–Crippen LogP) is 8.47. The van der Waals surface area contributed by atoms with Gasteiger partial charge >= 0.3 is 0 Å². The summed E-state index contributed by atoms with van der Waals surface area (Å²) in [4.78, 5) is 36.9. The number of benzene rings is 4. The molecule has 0 radical (unpaired) electrons. The predicted molar refractivity (Wildman–Crippen MR) is 200 cm³/mol. The summed E-state index contributed by atoms with van der Waals surface area (Å²) in [5.41, 5.74) is 7.98. The van der Waals surface area contributed by atoms with Crippen LogP contribution in [0.5, 0.6) is 11.5 Å². The number of hydrogen-bond acceptors (Lipinski definition) is 6. The first-order valence-electron chi connectivity index (χ1n) is 17.0. The van der Waals surface area contributed by atoms with Crippen LogP contribution in [0.4, 0.5) is 0 Å². The molecule has 0 aliphatic heterocycles. The first-order chi connectivity index (χ1) is 24.4. The topological polar surface area (TPSA) is 102 Å². The van der Waals surface area contributed by atoms with Crippen molar-refractivity contribution in [3.63, 3.8) is 0 Å². The lowest BCUT2D eigenvalue weighted by atomic mass is 9.97.